The third-order valence-corrected chi connectivity index (χ3v) is 11.2. The molecule has 0 radical (unpaired) electrons. The van der Waals surface area contributed by atoms with Crippen LogP contribution < -0.4 is 14.4 Å². The van der Waals surface area contributed by atoms with Crippen molar-refractivity contribution >= 4 is 23.2 Å². The number of piperazine rings is 1. The molecule has 1 saturated carbocycles. The summed E-state index contributed by atoms with van der Waals surface area (Å²) in [6.45, 7) is 7.77. The average Bonchev–Trinajstić information content (AvgIpc) is 3.52. The number of ether oxygens (including phenoxy) is 2. The average molecular weight is 715 g/mol. The van der Waals surface area contributed by atoms with E-state index < -0.39 is 6.04 Å². The van der Waals surface area contributed by atoms with Crippen molar-refractivity contribution in [2.75, 3.05) is 63.9 Å². The second kappa shape index (κ2) is 15.4. The van der Waals surface area contributed by atoms with E-state index in [1.54, 1.807) is 17.0 Å². The van der Waals surface area contributed by atoms with Gasteiger partial charge in [0.2, 0.25) is 0 Å². The number of carbonyl (C=O) groups is 3. The highest BCUT2D eigenvalue weighted by Crippen LogP contribution is 2.40. The van der Waals surface area contributed by atoms with E-state index in [1.807, 2.05) is 24.3 Å². The number of nitrogens with zero attached hydrogens (tertiary/aromatic N) is 4. The van der Waals surface area contributed by atoms with Gasteiger partial charge in [0.05, 0.1) is 25.0 Å². The number of aromatic hydroxyl groups is 1. The molecule has 3 aliphatic heterocycles. The number of Topliss-reactive ketones (excluding diaryl/α,β-unsaturated/α-hetero) is 2. The fourth-order valence-corrected chi connectivity index (χ4v) is 8.33. The SMILES string of the molecule is O=C1CCC(N2Cc3c(OCCN4CCN(CCOc5ccc(C6c7ccc(O)cc7CCN6c6ccccc6)cc5)CC4)cccc3C2=O)C(=O)C1. The highest BCUT2D eigenvalue weighted by molar-refractivity contribution is 6.07. The molecule has 4 aliphatic rings. The van der Waals surface area contributed by atoms with E-state index in [0.717, 1.165) is 63.5 Å². The first kappa shape index (κ1) is 34.9. The number of hydrogen-bond acceptors (Lipinski definition) is 9. The Morgan fingerprint density at radius 3 is 2.19 bits per heavy atom. The zero-order valence-corrected chi connectivity index (χ0v) is 30.0. The van der Waals surface area contributed by atoms with Gasteiger partial charge in [-0.2, -0.15) is 0 Å². The van der Waals surface area contributed by atoms with Crippen molar-refractivity contribution in [3.8, 4) is 17.2 Å². The zero-order chi connectivity index (χ0) is 36.3. The molecule has 8 rings (SSSR count). The van der Waals surface area contributed by atoms with Gasteiger partial charge in [0.15, 0.2) is 5.78 Å². The molecular weight excluding hydrogens is 668 g/mol. The van der Waals surface area contributed by atoms with Crippen LogP contribution in [0.4, 0.5) is 5.69 Å². The first-order chi connectivity index (χ1) is 25.9. The van der Waals surface area contributed by atoms with E-state index in [1.165, 1.54) is 22.4 Å². The number of phenolic OH excluding ortho intramolecular Hbond substituents is 1. The minimum atomic E-state index is -0.531. The maximum Gasteiger partial charge on any atom is 0.255 e. The minimum absolute atomic E-state index is 0.0444. The maximum atomic E-state index is 13.2. The van der Waals surface area contributed by atoms with Crippen molar-refractivity contribution in [1.82, 2.24) is 14.7 Å². The topological polar surface area (TPSA) is 103 Å². The van der Waals surface area contributed by atoms with Gasteiger partial charge in [-0.15, -0.1) is 0 Å². The van der Waals surface area contributed by atoms with Crippen molar-refractivity contribution in [3.63, 3.8) is 0 Å². The molecule has 10 heteroatoms. The van der Waals surface area contributed by atoms with Gasteiger partial charge in [-0.25, -0.2) is 0 Å². The van der Waals surface area contributed by atoms with Crippen molar-refractivity contribution in [1.29, 1.82) is 0 Å². The number of ketones is 2. The molecule has 1 aliphatic carbocycles. The lowest BCUT2D eigenvalue weighted by molar-refractivity contribution is -0.133. The van der Waals surface area contributed by atoms with Crippen molar-refractivity contribution in [2.45, 2.75) is 44.3 Å². The van der Waals surface area contributed by atoms with Crippen LogP contribution in [-0.4, -0.2) is 102 Å². The van der Waals surface area contributed by atoms with Gasteiger partial charge in [0.1, 0.15) is 36.2 Å². The molecule has 2 fully saturated rings. The Bertz CT molecular complexity index is 1960. The molecule has 53 heavy (non-hydrogen) atoms. The van der Waals surface area contributed by atoms with Crippen molar-refractivity contribution in [2.24, 2.45) is 0 Å². The van der Waals surface area contributed by atoms with Crippen molar-refractivity contribution < 1.29 is 29.0 Å². The minimum Gasteiger partial charge on any atom is -0.508 e. The molecule has 0 bridgehead atoms. The van der Waals surface area contributed by atoms with E-state index in [2.05, 4.69) is 69.3 Å². The van der Waals surface area contributed by atoms with Gasteiger partial charge < -0.3 is 24.4 Å². The molecule has 274 valence electrons. The van der Waals surface area contributed by atoms with Gasteiger partial charge in [0, 0.05) is 69.0 Å². The van der Waals surface area contributed by atoms with Crippen LogP contribution >= 0.6 is 0 Å². The summed E-state index contributed by atoms with van der Waals surface area (Å²) in [4.78, 5) is 46.3. The second-order valence-corrected chi connectivity index (χ2v) is 14.5. The highest BCUT2D eigenvalue weighted by atomic mass is 16.5. The fraction of sp³-hybridized carbons (Fsp3) is 0.372. The Morgan fingerprint density at radius 1 is 0.717 bits per heavy atom. The number of hydrogen-bond donors (Lipinski definition) is 1. The second-order valence-electron chi connectivity index (χ2n) is 14.5. The standard InChI is InChI=1S/C43H46N4O6/c48-33-11-15-36-31(27-33)17-18-46(32-5-2-1-3-6-32)42(36)30-9-13-35(14-10-30)52-25-23-44-19-21-45(22-20-44)24-26-53-41-8-4-7-37-38(41)29-47(43(37)51)39-16-12-34(49)28-40(39)50/h1-11,13-15,27,39,42,48H,12,16-26,28-29H2. The largest absolute Gasteiger partial charge is 0.508 e. The summed E-state index contributed by atoms with van der Waals surface area (Å²) in [5, 5.41) is 10.1. The summed E-state index contributed by atoms with van der Waals surface area (Å²) in [6, 6.07) is 29.8. The number of benzene rings is 4. The van der Waals surface area contributed by atoms with E-state index in [4.69, 9.17) is 9.47 Å². The monoisotopic (exact) mass is 714 g/mol. The molecule has 4 aromatic rings. The number of anilines is 1. The third-order valence-electron chi connectivity index (χ3n) is 11.2. The number of phenols is 1. The number of rotatable bonds is 11. The molecule has 0 spiro atoms. The summed E-state index contributed by atoms with van der Waals surface area (Å²) in [7, 11) is 0. The Balaban J connectivity index is 0.794. The molecular formula is C43H46N4O6. The molecule has 1 saturated heterocycles. The summed E-state index contributed by atoms with van der Waals surface area (Å²) in [6.07, 6.45) is 1.54. The Kier molecular flexibility index (Phi) is 10.1. The smallest absolute Gasteiger partial charge is 0.255 e. The van der Waals surface area contributed by atoms with Crippen LogP contribution in [-0.2, 0) is 22.6 Å². The Labute approximate surface area is 310 Å². The molecule has 1 amide bonds. The number of carbonyl (C=O) groups excluding carboxylic acids is 3. The van der Waals surface area contributed by atoms with Crippen LogP contribution in [0.5, 0.6) is 17.2 Å². The zero-order valence-electron chi connectivity index (χ0n) is 30.0. The molecule has 2 unspecified atom stereocenters. The normalized spacial score (nSPS) is 20.7. The fourth-order valence-electron chi connectivity index (χ4n) is 8.33. The van der Waals surface area contributed by atoms with Gasteiger partial charge >= 0.3 is 0 Å². The summed E-state index contributed by atoms with van der Waals surface area (Å²) in [5.41, 5.74) is 6.20. The molecule has 0 aromatic heterocycles. The van der Waals surface area contributed by atoms with Crippen LogP contribution in [0.1, 0.15) is 57.9 Å². The first-order valence-corrected chi connectivity index (χ1v) is 18.8. The van der Waals surface area contributed by atoms with Crippen LogP contribution in [0, 0.1) is 0 Å². The van der Waals surface area contributed by atoms with E-state index in [0.29, 0.717) is 49.7 Å². The van der Waals surface area contributed by atoms with Crippen LogP contribution in [0.15, 0.2) is 91.0 Å². The quantitative estimate of drug-likeness (QED) is 0.209. The summed E-state index contributed by atoms with van der Waals surface area (Å²) < 4.78 is 12.4. The van der Waals surface area contributed by atoms with Crippen molar-refractivity contribution in [3.05, 3.63) is 119 Å². The molecule has 2 atom stereocenters. The van der Waals surface area contributed by atoms with E-state index in [-0.39, 0.29) is 29.9 Å². The number of fused-ring (bicyclic) bond motifs is 2. The predicted molar refractivity (Wildman–Crippen MR) is 202 cm³/mol. The summed E-state index contributed by atoms with van der Waals surface area (Å²) in [5.74, 6) is 1.50. The maximum absolute atomic E-state index is 13.2. The molecule has 4 aromatic carbocycles. The van der Waals surface area contributed by atoms with Crippen LogP contribution in [0.3, 0.4) is 0 Å². The van der Waals surface area contributed by atoms with E-state index in [9.17, 15) is 19.5 Å². The highest BCUT2D eigenvalue weighted by Gasteiger charge is 2.40. The lowest BCUT2D eigenvalue weighted by Gasteiger charge is -2.39. The lowest BCUT2D eigenvalue weighted by Crippen LogP contribution is -2.48. The van der Waals surface area contributed by atoms with Crippen LogP contribution in [0.25, 0.3) is 0 Å². The van der Waals surface area contributed by atoms with Gasteiger partial charge in [0.25, 0.3) is 5.91 Å². The third kappa shape index (κ3) is 7.52. The first-order valence-electron chi connectivity index (χ1n) is 18.8. The Morgan fingerprint density at radius 2 is 1.45 bits per heavy atom. The Hall–Kier alpha value is -5.19. The lowest BCUT2D eigenvalue weighted by atomic mass is 9.87. The number of para-hydroxylation sites is 1. The van der Waals surface area contributed by atoms with Gasteiger partial charge in [-0.3, -0.25) is 24.2 Å². The predicted octanol–water partition coefficient (Wildman–Crippen LogP) is 5.27. The van der Waals surface area contributed by atoms with Gasteiger partial charge in [-0.1, -0.05) is 42.5 Å². The summed E-state index contributed by atoms with van der Waals surface area (Å²) >= 11 is 0. The van der Waals surface area contributed by atoms with E-state index >= 15 is 0 Å². The molecule has 3 heterocycles. The molecule has 1 N–H and O–H groups in total. The molecule has 10 nitrogen and oxygen atoms in total. The van der Waals surface area contributed by atoms with Crippen LogP contribution in [0.2, 0.25) is 0 Å². The van der Waals surface area contributed by atoms with Gasteiger partial charge in [-0.05, 0) is 78.1 Å². The number of amides is 1.